The minimum absolute atomic E-state index is 0.0411. The maximum absolute atomic E-state index is 14.8. The predicted octanol–water partition coefficient (Wildman–Crippen LogP) is 5.40. The SMILES string of the molecule is COc1cc2nc3c(cc2c(OC)c1OC)CN(C(=O)c1[nH]c2c(c1C)C(=O)CCC2)CCCCN(C(=O)Cc1cccc(F)c1)CC(=O)NCC1CCCN3C1. The number of rotatable bonds is 6. The summed E-state index contributed by atoms with van der Waals surface area (Å²) >= 11 is 0. The maximum atomic E-state index is 14.8. The number of carbonyl (C=O) groups is 4. The lowest BCUT2D eigenvalue weighted by molar-refractivity contribution is -0.135. The van der Waals surface area contributed by atoms with Crippen molar-refractivity contribution in [2.75, 3.05) is 65.5 Å². The van der Waals surface area contributed by atoms with Gasteiger partial charge in [0.05, 0.1) is 39.8 Å². The number of ketones is 1. The molecule has 0 saturated carbocycles. The van der Waals surface area contributed by atoms with E-state index in [0.29, 0.717) is 95.9 Å². The molecule has 2 aromatic heterocycles. The van der Waals surface area contributed by atoms with Crippen molar-refractivity contribution in [3.63, 3.8) is 0 Å². The number of ether oxygens (including phenoxy) is 3. The number of aromatic nitrogens is 2. The number of pyridine rings is 1. The molecule has 1 aliphatic carbocycles. The fraction of sp³-hybridized carbons (Fsp3) is 0.465. The second-order valence-electron chi connectivity index (χ2n) is 15.3. The highest BCUT2D eigenvalue weighted by Crippen LogP contribution is 2.44. The number of fused-ring (bicyclic) bond motifs is 6. The van der Waals surface area contributed by atoms with Crippen LogP contribution in [0.5, 0.6) is 17.2 Å². The van der Waals surface area contributed by atoms with Crippen molar-refractivity contribution in [3.8, 4) is 17.2 Å². The van der Waals surface area contributed by atoms with Crippen molar-refractivity contribution >= 4 is 40.2 Å². The number of carbonyl (C=O) groups excluding carboxylic acids is 4. The Morgan fingerprint density at radius 3 is 2.44 bits per heavy atom. The molecule has 4 aromatic rings. The van der Waals surface area contributed by atoms with Gasteiger partial charge >= 0.3 is 0 Å². The van der Waals surface area contributed by atoms with E-state index in [1.165, 1.54) is 17.0 Å². The fourth-order valence-corrected chi connectivity index (χ4v) is 8.56. The lowest BCUT2D eigenvalue weighted by Gasteiger charge is -2.36. The molecule has 302 valence electrons. The largest absolute Gasteiger partial charge is 0.493 e. The van der Waals surface area contributed by atoms with Crippen LogP contribution >= 0.6 is 0 Å². The Bertz CT molecular complexity index is 2190. The van der Waals surface area contributed by atoms with Gasteiger partial charge in [0.15, 0.2) is 17.3 Å². The number of aryl methyl sites for hydroxylation is 1. The summed E-state index contributed by atoms with van der Waals surface area (Å²) in [5.41, 5.74) is 4.43. The van der Waals surface area contributed by atoms with E-state index in [1.807, 2.05) is 19.1 Å². The van der Waals surface area contributed by atoms with Gasteiger partial charge in [-0.2, -0.15) is 0 Å². The third-order valence-electron chi connectivity index (χ3n) is 11.4. The summed E-state index contributed by atoms with van der Waals surface area (Å²) in [7, 11) is 4.68. The number of amides is 3. The average molecular weight is 783 g/mol. The minimum atomic E-state index is -0.429. The summed E-state index contributed by atoms with van der Waals surface area (Å²) in [4.78, 5) is 68.9. The molecule has 2 aromatic carbocycles. The molecule has 1 fully saturated rings. The van der Waals surface area contributed by atoms with Crippen LogP contribution in [-0.2, 0) is 29.0 Å². The van der Waals surface area contributed by atoms with Gasteiger partial charge in [-0.05, 0) is 80.7 Å². The Morgan fingerprint density at radius 1 is 0.912 bits per heavy atom. The Balaban J connectivity index is 1.28. The molecular formula is C43H51FN6O7. The van der Waals surface area contributed by atoms with Crippen LogP contribution in [0.2, 0.25) is 0 Å². The number of nitrogens with one attached hydrogen (secondary N) is 2. The summed E-state index contributed by atoms with van der Waals surface area (Å²) in [5, 5.41) is 3.77. The zero-order valence-electron chi connectivity index (χ0n) is 33.2. The summed E-state index contributed by atoms with van der Waals surface area (Å²) in [6.45, 7) is 4.24. The molecule has 2 N–H and O–H groups in total. The number of piperidine rings is 1. The first kappa shape index (κ1) is 39.6. The number of nitrogens with zero attached hydrogens (tertiary/aromatic N) is 4. The molecule has 1 atom stereocenters. The van der Waals surface area contributed by atoms with E-state index in [-0.39, 0.29) is 55.5 Å². The normalized spacial score (nSPS) is 18.1. The zero-order valence-corrected chi connectivity index (χ0v) is 33.2. The summed E-state index contributed by atoms with van der Waals surface area (Å²) in [6, 6.07) is 9.76. The van der Waals surface area contributed by atoms with Gasteiger partial charge in [0.2, 0.25) is 17.6 Å². The number of methoxy groups -OCH3 is 3. The van der Waals surface area contributed by atoms with Crippen LogP contribution < -0.4 is 24.4 Å². The van der Waals surface area contributed by atoms with E-state index in [0.717, 1.165) is 42.9 Å². The molecule has 2 aliphatic heterocycles. The van der Waals surface area contributed by atoms with E-state index in [1.54, 1.807) is 38.4 Å². The van der Waals surface area contributed by atoms with Crippen LogP contribution in [-0.4, -0.2) is 104 Å². The molecular weight excluding hydrogens is 732 g/mol. The molecule has 4 heterocycles. The number of aromatic amines is 1. The Morgan fingerprint density at radius 2 is 1.70 bits per heavy atom. The highest BCUT2D eigenvalue weighted by Gasteiger charge is 2.31. The lowest BCUT2D eigenvalue weighted by Crippen LogP contribution is -2.46. The van der Waals surface area contributed by atoms with Crippen LogP contribution in [0.15, 0.2) is 36.4 Å². The van der Waals surface area contributed by atoms with Crippen molar-refractivity contribution in [2.45, 2.75) is 64.8 Å². The zero-order chi connectivity index (χ0) is 40.2. The number of halogens is 1. The molecule has 1 unspecified atom stereocenters. The van der Waals surface area contributed by atoms with Crippen molar-refractivity contribution in [1.82, 2.24) is 25.1 Å². The number of H-pyrrole nitrogens is 1. The van der Waals surface area contributed by atoms with Crippen LogP contribution in [0.1, 0.15) is 81.8 Å². The Labute approximate surface area is 331 Å². The molecule has 13 nitrogen and oxygen atoms in total. The van der Waals surface area contributed by atoms with Gasteiger partial charge in [-0.1, -0.05) is 12.1 Å². The summed E-state index contributed by atoms with van der Waals surface area (Å²) in [6.07, 6.45) is 4.59. The minimum Gasteiger partial charge on any atom is -0.493 e. The molecule has 14 heteroatoms. The van der Waals surface area contributed by atoms with Crippen LogP contribution in [0.4, 0.5) is 10.2 Å². The molecule has 3 amide bonds. The molecule has 57 heavy (non-hydrogen) atoms. The molecule has 0 radical (unpaired) electrons. The number of Topliss-reactive ketones (excluding diaryl/α,β-unsaturated/α-hetero) is 1. The monoisotopic (exact) mass is 782 g/mol. The van der Waals surface area contributed by atoms with Crippen molar-refractivity contribution in [1.29, 1.82) is 0 Å². The van der Waals surface area contributed by atoms with Crippen LogP contribution in [0.25, 0.3) is 10.9 Å². The first-order valence-electron chi connectivity index (χ1n) is 19.8. The third-order valence-corrected chi connectivity index (χ3v) is 11.4. The smallest absolute Gasteiger partial charge is 0.270 e. The molecule has 7 rings (SSSR count). The van der Waals surface area contributed by atoms with Crippen LogP contribution in [0.3, 0.4) is 0 Å². The molecule has 0 spiro atoms. The first-order chi connectivity index (χ1) is 27.6. The van der Waals surface area contributed by atoms with Crippen molar-refractivity contribution < 1.29 is 37.8 Å². The highest BCUT2D eigenvalue weighted by atomic mass is 19.1. The molecule has 1 saturated heterocycles. The molecule has 3 aliphatic rings. The van der Waals surface area contributed by atoms with E-state index >= 15 is 0 Å². The van der Waals surface area contributed by atoms with E-state index in [4.69, 9.17) is 19.2 Å². The third kappa shape index (κ3) is 8.40. The van der Waals surface area contributed by atoms with Gasteiger partial charge in [-0.3, -0.25) is 19.2 Å². The fourth-order valence-electron chi connectivity index (χ4n) is 8.56. The summed E-state index contributed by atoms with van der Waals surface area (Å²) < 4.78 is 31.3. The number of benzene rings is 2. The topological polar surface area (TPSA) is 146 Å². The van der Waals surface area contributed by atoms with Gasteiger partial charge in [0.25, 0.3) is 5.91 Å². The van der Waals surface area contributed by atoms with Gasteiger partial charge in [-0.25, -0.2) is 9.37 Å². The van der Waals surface area contributed by atoms with Crippen molar-refractivity contribution in [2.24, 2.45) is 5.92 Å². The van der Waals surface area contributed by atoms with E-state index in [9.17, 15) is 23.6 Å². The second kappa shape index (κ2) is 17.2. The van der Waals surface area contributed by atoms with E-state index in [2.05, 4.69) is 15.2 Å². The second-order valence-corrected chi connectivity index (χ2v) is 15.3. The number of hydrogen-bond acceptors (Lipinski definition) is 9. The van der Waals surface area contributed by atoms with E-state index < -0.39 is 5.82 Å². The van der Waals surface area contributed by atoms with Gasteiger partial charge < -0.3 is 39.2 Å². The van der Waals surface area contributed by atoms with Crippen molar-refractivity contribution in [3.05, 3.63) is 75.9 Å². The number of anilines is 1. The Kier molecular flexibility index (Phi) is 12.0. The molecule has 2 bridgehead atoms. The summed E-state index contributed by atoms with van der Waals surface area (Å²) in [5.74, 6) is 1.02. The Hall–Kier alpha value is -5.66. The lowest BCUT2D eigenvalue weighted by atomic mass is 9.93. The van der Waals surface area contributed by atoms with Crippen LogP contribution in [0, 0.1) is 18.7 Å². The van der Waals surface area contributed by atoms with Gasteiger partial charge in [0, 0.05) is 74.0 Å². The van der Waals surface area contributed by atoms with Gasteiger partial charge in [-0.15, -0.1) is 0 Å². The predicted molar refractivity (Wildman–Crippen MR) is 213 cm³/mol. The number of hydrogen-bond donors (Lipinski definition) is 2. The van der Waals surface area contributed by atoms with Gasteiger partial charge in [0.1, 0.15) is 17.3 Å². The standard InChI is InChI=1S/C43H51FN6O7/c1-26-38-32(13-8-14-34(38)51)46-39(26)43(54)50-16-6-5-15-48(37(53)19-27-10-7-12-30(44)18-27)25-36(52)45-22-28-11-9-17-49(23-28)42-29(24-50)20-31-33(47-42)21-35(55-2)41(57-4)40(31)56-3/h7,10,12,18,20-21,28,46H,5-6,8-9,11,13-17,19,22-25H2,1-4H3,(H,45,52). The maximum Gasteiger partial charge on any atom is 0.270 e. The quantitative estimate of drug-likeness (QED) is 0.263. The first-order valence-corrected chi connectivity index (χ1v) is 19.8. The highest BCUT2D eigenvalue weighted by molar-refractivity contribution is 6.04. The average Bonchev–Trinajstić information content (AvgIpc) is 3.55.